The van der Waals surface area contributed by atoms with Crippen molar-refractivity contribution in [2.24, 2.45) is 0 Å². The monoisotopic (exact) mass is 200 g/mol. The molecule has 3 nitrogen and oxygen atoms in total. The van der Waals surface area contributed by atoms with Gasteiger partial charge in [0.25, 0.3) is 0 Å². The van der Waals surface area contributed by atoms with Gasteiger partial charge in [0.05, 0.1) is 13.2 Å². The van der Waals surface area contributed by atoms with Crippen molar-refractivity contribution in [1.29, 1.82) is 0 Å². The molecule has 70 valence electrons. The van der Waals surface area contributed by atoms with Gasteiger partial charge >= 0.3 is 0 Å². The third-order valence-corrected chi connectivity index (χ3v) is 2.14. The van der Waals surface area contributed by atoms with E-state index >= 15 is 0 Å². The Kier molecular flexibility index (Phi) is 2.40. The smallest absolute Gasteiger partial charge is 0.189 e. The molecule has 1 heterocycles. The summed E-state index contributed by atoms with van der Waals surface area (Å²) in [5.41, 5.74) is 1.61. The summed E-state index contributed by atoms with van der Waals surface area (Å²) in [6.45, 7) is 0.660. The van der Waals surface area contributed by atoms with Crippen LogP contribution in [0.15, 0.2) is 12.1 Å². The van der Waals surface area contributed by atoms with Gasteiger partial charge in [0.15, 0.2) is 6.79 Å². The molecule has 0 unspecified atom stereocenters. The first-order chi connectivity index (χ1) is 6.31. The molecule has 4 heteroatoms. The van der Waals surface area contributed by atoms with E-state index in [1.54, 1.807) is 12.1 Å². The highest BCUT2D eigenvalue weighted by atomic mass is 35.5. The molecule has 13 heavy (non-hydrogen) atoms. The van der Waals surface area contributed by atoms with Crippen LogP contribution in [0.4, 0.5) is 0 Å². The molecule has 1 aromatic rings. The van der Waals surface area contributed by atoms with Gasteiger partial charge in [-0.05, 0) is 12.1 Å². The molecule has 0 amide bonds. The molecule has 1 aromatic carbocycles. The molecule has 1 N–H and O–H groups in total. The molecule has 0 aromatic heterocycles. The molecular formula is C9H9ClO3. The Morgan fingerprint density at radius 1 is 1.46 bits per heavy atom. The molecule has 0 atom stereocenters. The molecular weight excluding hydrogens is 192 g/mol. The van der Waals surface area contributed by atoms with Gasteiger partial charge in [-0.15, -0.1) is 0 Å². The Morgan fingerprint density at radius 3 is 3.08 bits per heavy atom. The standard InChI is InChI=1S/C9H9ClO3/c10-8-1-6(3-11)9-7(2-8)4-12-5-13-9/h1-2,11H,3-5H2. The summed E-state index contributed by atoms with van der Waals surface area (Å²) < 4.78 is 10.3. The van der Waals surface area contributed by atoms with Crippen LogP contribution in [0.5, 0.6) is 5.75 Å². The SMILES string of the molecule is OCc1cc(Cl)cc2c1OCOC2. The molecule has 0 radical (unpaired) electrons. The number of ether oxygens (including phenoxy) is 2. The third kappa shape index (κ3) is 1.63. The number of hydrogen-bond donors (Lipinski definition) is 1. The first kappa shape index (κ1) is 8.81. The number of aliphatic hydroxyl groups excluding tert-OH is 1. The first-order valence-corrected chi connectivity index (χ1v) is 4.32. The van der Waals surface area contributed by atoms with Crippen molar-refractivity contribution >= 4 is 11.6 Å². The van der Waals surface area contributed by atoms with Crippen LogP contribution in [0.3, 0.4) is 0 Å². The first-order valence-electron chi connectivity index (χ1n) is 3.94. The second-order valence-corrected chi connectivity index (χ2v) is 3.26. The fourth-order valence-electron chi connectivity index (χ4n) is 1.37. The zero-order valence-corrected chi connectivity index (χ0v) is 7.67. The van der Waals surface area contributed by atoms with Crippen LogP contribution in [0.2, 0.25) is 5.02 Å². The molecule has 2 rings (SSSR count). The van der Waals surface area contributed by atoms with Gasteiger partial charge in [-0.25, -0.2) is 0 Å². The van der Waals surface area contributed by atoms with Crippen molar-refractivity contribution in [3.8, 4) is 5.75 Å². The van der Waals surface area contributed by atoms with Gasteiger partial charge in [-0.2, -0.15) is 0 Å². The van der Waals surface area contributed by atoms with Crippen LogP contribution in [0, 0.1) is 0 Å². The average molecular weight is 201 g/mol. The number of fused-ring (bicyclic) bond motifs is 1. The van der Waals surface area contributed by atoms with Gasteiger partial charge < -0.3 is 14.6 Å². The summed E-state index contributed by atoms with van der Waals surface area (Å²) in [6.07, 6.45) is 0. The minimum absolute atomic E-state index is 0.0666. The summed E-state index contributed by atoms with van der Waals surface area (Å²) in [6, 6.07) is 3.49. The Hall–Kier alpha value is -0.770. The summed E-state index contributed by atoms with van der Waals surface area (Å²) in [7, 11) is 0. The Balaban J connectivity index is 2.50. The molecule has 0 aliphatic carbocycles. The lowest BCUT2D eigenvalue weighted by Gasteiger charge is -2.20. The number of benzene rings is 1. The summed E-state index contributed by atoms with van der Waals surface area (Å²) in [5, 5.41) is 9.63. The van der Waals surface area contributed by atoms with Crippen LogP contribution in [0.1, 0.15) is 11.1 Å². The van der Waals surface area contributed by atoms with Gasteiger partial charge in [0.2, 0.25) is 0 Å². The van der Waals surface area contributed by atoms with Gasteiger partial charge in [0.1, 0.15) is 5.75 Å². The van der Waals surface area contributed by atoms with Crippen LogP contribution < -0.4 is 4.74 Å². The van der Waals surface area contributed by atoms with Gasteiger partial charge in [0, 0.05) is 16.1 Å². The minimum Gasteiger partial charge on any atom is -0.467 e. The van der Waals surface area contributed by atoms with E-state index < -0.39 is 0 Å². The normalized spacial score (nSPS) is 14.9. The zero-order chi connectivity index (χ0) is 9.26. The van der Waals surface area contributed by atoms with Crippen molar-refractivity contribution in [1.82, 2.24) is 0 Å². The Morgan fingerprint density at radius 2 is 2.31 bits per heavy atom. The largest absolute Gasteiger partial charge is 0.467 e. The molecule has 1 aliphatic rings. The van der Waals surface area contributed by atoms with E-state index in [1.807, 2.05) is 0 Å². The highest BCUT2D eigenvalue weighted by Crippen LogP contribution is 2.31. The average Bonchev–Trinajstić information content (AvgIpc) is 2.16. The molecule has 0 spiro atoms. The number of rotatable bonds is 1. The van der Waals surface area contributed by atoms with E-state index in [9.17, 15) is 0 Å². The molecule has 0 bridgehead atoms. The van der Waals surface area contributed by atoms with Crippen molar-refractivity contribution in [2.45, 2.75) is 13.2 Å². The van der Waals surface area contributed by atoms with Crippen molar-refractivity contribution < 1.29 is 14.6 Å². The molecule has 0 saturated heterocycles. The van der Waals surface area contributed by atoms with E-state index in [-0.39, 0.29) is 13.4 Å². The lowest BCUT2D eigenvalue weighted by atomic mass is 10.1. The second-order valence-electron chi connectivity index (χ2n) is 2.82. The van der Waals surface area contributed by atoms with Crippen molar-refractivity contribution in [3.63, 3.8) is 0 Å². The topological polar surface area (TPSA) is 38.7 Å². The van der Waals surface area contributed by atoms with Gasteiger partial charge in [-0.3, -0.25) is 0 Å². The second kappa shape index (κ2) is 3.54. The highest BCUT2D eigenvalue weighted by molar-refractivity contribution is 6.30. The van der Waals surface area contributed by atoms with Crippen molar-refractivity contribution in [2.75, 3.05) is 6.79 Å². The van der Waals surface area contributed by atoms with E-state index in [2.05, 4.69) is 0 Å². The zero-order valence-electron chi connectivity index (χ0n) is 6.92. The molecule has 1 aliphatic heterocycles. The number of halogens is 1. The van der Waals surface area contributed by atoms with Crippen LogP contribution in [-0.4, -0.2) is 11.9 Å². The maximum Gasteiger partial charge on any atom is 0.189 e. The van der Waals surface area contributed by atoms with Crippen molar-refractivity contribution in [3.05, 3.63) is 28.3 Å². The lowest BCUT2D eigenvalue weighted by Crippen LogP contribution is -2.13. The van der Waals surface area contributed by atoms with E-state index in [0.29, 0.717) is 22.9 Å². The summed E-state index contributed by atoms with van der Waals surface area (Å²) in [4.78, 5) is 0. The Bertz CT molecular complexity index is 308. The van der Waals surface area contributed by atoms with E-state index in [1.165, 1.54) is 0 Å². The summed E-state index contributed by atoms with van der Waals surface area (Å²) >= 11 is 5.84. The summed E-state index contributed by atoms with van der Waals surface area (Å²) in [5.74, 6) is 0.707. The fraction of sp³-hybridized carbons (Fsp3) is 0.333. The molecule has 0 fully saturated rings. The molecule has 0 saturated carbocycles. The van der Waals surface area contributed by atoms with E-state index in [4.69, 9.17) is 26.2 Å². The fourth-order valence-corrected chi connectivity index (χ4v) is 1.64. The van der Waals surface area contributed by atoms with Crippen LogP contribution in [0.25, 0.3) is 0 Å². The predicted molar refractivity (Wildman–Crippen MR) is 47.7 cm³/mol. The highest BCUT2D eigenvalue weighted by Gasteiger charge is 2.15. The Labute approximate surface area is 80.8 Å². The predicted octanol–water partition coefficient (Wildman–Crippen LogP) is 1.70. The number of aliphatic hydroxyl groups is 1. The number of hydrogen-bond acceptors (Lipinski definition) is 3. The maximum absolute atomic E-state index is 9.04. The van der Waals surface area contributed by atoms with E-state index in [0.717, 1.165) is 5.56 Å². The van der Waals surface area contributed by atoms with Gasteiger partial charge in [-0.1, -0.05) is 11.6 Å². The quantitative estimate of drug-likeness (QED) is 0.750. The maximum atomic E-state index is 9.04. The minimum atomic E-state index is -0.0666. The van der Waals surface area contributed by atoms with Crippen LogP contribution in [-0.2, 0) is 18.0 Å². The van der Waals surface area contributed by atoms with Crippen LogP contribution >= 0.6 is 11.6 Å². The third-order valence-electron chi connectivity index (χ3n) is 1.92. The lowest BCUT2D eigenvalue weighted by molar-refractivity contribution is -0.0176.